The molecule has 0 bridgehead atoms. The van der Waals surface area contributed by atoms with Crippen molar-refractivity contribution in [1.82, 2.24) is 10.3 Å². The molecule has 5 heteroatoms. The van der Waals surface area contributed by atoms with Gasteiger partial charge in [-0.25, -0.2) is 4.98 Å². The first-order chi connectivity index (χ1) is 7.16. The minimum Gasteiger partial charge on any atom is -0.375 e. The molecular weight excluding hydrogens is 210 g/mol. The highest BCUT2D eigenvalue weighted by molar-refractivity contribution is 7.13. The zero-order chi connectivity index (χ0) is 10.8. The molecule has 1 aliphatic rings. The molecule has 4 nitrogen and oxygen atoms in total. The fourth-order valence-corrected chi connectivity index (χ4v) is 2.27. The lowest BCUT2D eigenvalue weighted by Crippen LogP contribution is -2.40. The Labute approximate surface area is 92.9 Å². The number of nitrogens with two attached hydrogens (primary N) is 1. The Balaban J connectivity index is 1.91. The van der Waals surface area contributed by atoms with Gasteiger partial charge in [-0.3, -0.25) is 4.79 Å². The predicted octanol–water partition coefficient (Wildman–Crippen LogP) is 1.64. The normalized spacial score (nSPS) is 18.2. The SMILES string of the molecule is CC(NC(=O)c1csc(N)n1)C1CCC1. The number of aromatic nitrogens is 1. The maximum Gasteiger partial charge on any atom is 0.271 e. The zero-order valence-electron chi connectivity index (χ0n) is 8.69. The second-order valence-corrected chi connectivity index (χ2v) is 4.91. The topological polar surface area (TPSA) is 68.0 Å². The molecule has 82 valence electrons. The summed E-state index contributed by atoms with van der Waals surface area (Å²) in [5.74, 6) is 0.535. The molecule has 3 N–H and O–H groups in total. The molecule has 1 atom stereocenters. The lowest BCUT2D eigenvalue weighted by atomic mass is 9.80. The van der Waals surface area contributed by atoms with Crippen LogP contribution >= 0.6 is 11.3 Å². The molecule has 0 spiro atoms. The van der Waals surface area contributed by atoms with E-state index in [2.05, 4.69) is 17.2 Å². The van der Waals surface area contributed by atoms with Crippen LogP contribution in [0.25, 0.3) is 0 Å². The Hall–Kier alpha value is -1.10. The third-order valence-electron chi connectivity index (χ3n) is 2.97. The summed E-state index contributed by atoms with van der Waals surface area (Å²) in [7, 11) is 0. The fraction of sp³-hybridized carbons (Fsp3) is 0.600. The highest BCUT2D eigenvalue weighted by Crippen LogP contribution is 2.29. The molecule has 15 heavy (non-hydrogen) atoms. The third-order valence-corrected chi connectivity index (χ3v) is 3.64. The van der Waals surface area contributed by atoms with Gasteiger partial charge in [0.1, 0.15) is 5.69 Å². The molecule has 1 saturated carbocycles. The van der Waals surface area contributed by atoms with Gasteiger partial charge in [-0.2, -0.15) is 0 Å². The summed E-state index contributed by atoms with van der Waals surface area (Å²) in [6.07, 6.45) is 3.73. The van der Waals surface area contributed by atoms with Crippen LogP contribution in [0.5, 0.6) is 0 Å². The van der Waals surface area contributed by atoms with Gasteiger partial charge in [-0.05, 0) is 25.7 Å². The summed E-state index contributed by atoms with van der Waals surface area (Å²) in [4.78, 5) is 15.6. The number of hydrogen-bond donors (Lipinski definition) is 2. The van der Waals surface area contributed by atoms with Gasteiger partial charge >= 0.3 is 0 Å². The molecule has 1 aliphatic carbocycles. The molecule has 1 heterocycles. The minimum atomic E-state index is -0.109. The van der Waals surface area contributed by atoms with Crippen molar-refractivity contribution < 1.29 is 4.79 Å². The number of amides is 1. The zero-order valence-corrected chi connectivity index (χ0v) is 9.51. The summed E-state index contributed by atoms with van der Waals surface area (Å²) in [6.45, 7) is 2.05. The van der Waals surface area contributed by atoms with Gasteiger partial charge in [0.15, 0.2) is 5.13 Å². The van der Waals surface area contributed by atoms with Gasteiger partial charge in [-0.1, -0.05) is 6.42 Å². The summed E-state index contributed by atoms with van der Waals surface area (Å²) in [6, 6.07) is 0.245. The average Bonchev–Trinajstić information content (AvgIpc) is 2.48. The van der Waals surface area contributed by atoms with Gasteiger partial charge in [-0.15, -0.1) is 11.3 Å². The molecule has 0 radical (unpaired) electrons. The Bertz CT molecular complexity index is 359. The van der Waals surface area contributed by atoms with Gasteiger partial charge in [0, 0.05) is 11.4 Å². The largest absolute Gasteiger partial charge is 0.375 e. The van der Waals surface area contributed by atoms with Crippen LogP contribution in [0, 0.1) is 5.92 Å². The van der Waals surface area contributed by atoms with E-state index >= 15 is 0 Å². The van der Waals surface area contributed by atoms with E-state index in [1.807, 2.05) is 0 Å². The van der Waals surface area contributed by atoms with Crippen molar-refractivity contribution in [2.24, 2.45) is 5.92 Å². The van der Waals surface area contributed by atoms with Gasteiger partial charge in [0.05, 0.1) is 0 Å². The number of rotatable bonds is 3. The predicted molar refractivity (Wildman–Crippen MR) is 60.8 cm³/mol. The monoisotopic (exact) mass is 225 g/mol. The molecule has 0 saturated heterocycles. The van der Waals surface area contributed by atoms with Crippen molar-refractivity contribution >= 4 is 22.4 Å². The van der Waals surface area contributed by atoms with Crippen molar-refractivity contribution in [3.05, 3.63) is 11.1 Å². The number of hydrogen-bond acceptors (Lipinski definition) is 4. The van der Waals surface area contributed by atoms with Crippen LogP contribution in [-0.2, 0) is 0 Å². The van der Waals surface area contributed by atoms with E-state index in [1.54, 1.807) is 5.38 Å². The van der Waals surface area contributed by atoms with Crippen LogP contribution in [0.4, 0.5) is 5.13 Å². The standard InChI is InChI=1S/C10H15N3OS/c1-6(7-3-2-4-7)12-9(14)8-5-15-10(11)13-8/h5-7H,2-4H2,1H3,(H2,11,13)(H,12,14). The average molecular weight is 225 g/mol. The van der Waals surface area contributed by atoms with Crippen LogP contribution in [0.1, 0.15) is 36.7 Å². The van der Waals surface area contributed by atoms with Crippen molar-refractivity contribution in [2.75, 3.05) is 5.73 Å². The number of nitrogens with zero attached hydrogens (tertiary/aromatic N) is 1. The molecule has 2 rings (SSSR count). The molecule has 1 amide bonds. The summed E-state index contributed by atoms with van der Waals surface area (Å²) >= 11 is 1.29. The molecule has 1 aromatic heterocycles. The number of anilines is 1. The molecule has 1 fully saturated rings. The summed E-state index contributed by atoms with van der Waals surface area (Å²) < 4.78 is 0. The van der Waals surface area contributed by atoms with Crippen LogP contribution in [-0.4, -0.2) is 16.9 Å². The first-order valence-electron chi connectivity index (χ1n) is 5.18. The third kappa shape index (κ3) is 2.28. The van der Waals surface area contributed by atoms with Crippen molar-refractivity contribution in [2.45, 2.75) is 32.2 Å². The highest BCUT2D eigenvalue weighted by Gasteiger charge is 2.25. The Morgan fingerprint density at radius 2 is 2.47 bits per heavy atom. The van der Waals surface area contributed by atoms with Gasteiger partial charge in [0.25, 0.3) is 5.91 Å². The van der Waals surface area contributed by atoms with E-state index in [0.717, 1.165) is 0 Å². The van der Waals surface area contributed by atoms with Crippen molar-refractivity contribution in [1.29, 1.82) is 0 Å². The number of thiazole rings is 1. The van der Waals surface area contributed by atoms with E-state index in [-0.39, 0.29) is 11.9 Å². The lowest BCUT2D eigenvalue weighted by molar-refractivity contribution is 0.0905. The maximum atomic E-state index is 11.7. The number of nitrogen functional groups attached to an aromatic ring is 1. The van der Waals surface area contributed by atoms with E-state index < -0.39 is 0 Å². The molecule has 0 aromatic carbocycles. The maximum absolute atomic E-state index is 11.7. The first kappa shape index (κ1) is 10.4. The Morgan fingerprint density at radius 3 is 2.93 bits per heavy atom. The smallest absolute Gasteiger partial charge is 0.271 e. The number of nitrogens with one attached hydrogen (secondary N) is 1. The summed E-state index contributed by atoms with van der Waals surface area (Å²) in [5.41, 5.74) is 5.91. The van der Waals surface area contributed by atoms with E-state index in [0.29, 0.717) is 16.7 Å². The van der Waals surface area contributed by atoms with E-state index in [4.69, 9.17) is 5.73 Å². The first-order valence-corrected chi connectivity index (χ1v) is 6.06. The van der Waals surface area contributed by atoms with E-state index in [1.165, 1.54) is 30.6 Å². The second kappa shape index (κ2) is 4.18. The van der Waals surface area contributed by atoms with Crippen LogP contribution < -0.4 is 11.1 Å². The molecular formula is C10H15N3OS. The number of carbonyl (C=O) groups is 1. The highest BCUT2D eigenvalue weighted by atomic mass is 32.1. The minimum absolute atomic E-state index is 0.109. The van der Waals surface area contributed by atoms with Crippen LogP contribution in [0.2, 0.25) is 0 Å². The molecule has 1 aromatic rings. The Kier molecular flexibility index (Phi) is 2.90. The lowest BCUT2D eigenvalue weighted by Gasteiger charge is -2.31. The molecule has 1 unspecified atom stereocenters. The number of carbonyl (C=O) groups excluding carboxylic acids is 1. The second-order valence-electron chi connectivity index (χ2n) is 4.02. The van der Waals surface area contributed by atoms with Crippen molar-refractivity contribution in [3.8, 4) is 0 Å². The summed E-state index contributed by atoms with van der Waals surface area (Å²) in [5, 5.41) is 5.09. The van der Waals surface area contributed by atoms with Gasteiger partial charge < -0.3 is 11.1 Å². The van der Waals surface area contributed by atoms with Crippen LogP contribution in [0.3, 0.4) is 0 Å². The van der Waals surface area contributed by atoms with Crippen LogP contribution in [0.15, 0.2) is 5.38 Å². The van der Waals surface area contributed by atoms with E-state index in [9.17, 15) is 4.79 Å². The quantitative estimate of drug-likeness (QED) is 0.821. The van der Waals surface area contributed by atoms with Crippen molar-refractivity contribution in [3.63, 3.8) is 0 Å². The van der Waals surface area contributed by atoms with Gasteiger partial charge in [0.2, 0.25) is 0 Å². The fourth-order valence-electron chi connectivity index (χ4n) is 1.73. The molecule has 0 aliphatic heterocycles. The Morgan fingerprint density at radius 1 is 1.73 bits per heavy atom.